The molecule has 8 aromatic rings. The molecule has 0 saturated carbocycles. The van der Waals surface area contributed by atoms with E-state index in [1.807, 2.05) is 6.20 Å². The summed E-state index contributed by atoms with van der Waals surface area (Å²) < 4.78 is 9.28. The smallest absolute Gasteiger partial charge is 0.135 e. The number of hydrogen-bond acceptors (Lipinski definition) is 4. The molecule has 0 saturated heterocycles. The molecule has 0 amide bonds. The van der Waals surface area contributed by atoms with E-state index in [1.165, 1.54) is 33.4 Å². The van der Waals surface area contributed by atoms with Crippen LogP contribution in [0.25, 0.3) is 27.6 Å². The third kappa shape index (κ3) is 10.2. The maximum Gasteiger partial charge on any atom is 0.135 e. The van der Waals surface area contributed by atoms with Crippen molar-refractivity contribution in [2.75, 3.05) is 9.80 Å². The van der Waals surface area contributed by atoms with E-state index >= 15 is 0 Å². The molecule has 0 N–H and O–H groups in total. The summed E-state index contributed by atoms with van der Waals surface area (Å²) >= 11 is 0. The number of benzene rings is 6. The Morgan fingerprint density at radius 2 is 1.04 bits per heavy atom. The van der Waals surface area contributed by atoms with Gasteiger partial charge in [0.25, 0.3) is 0 Å². The van der Waals surface area contributed by atoms with Crippen LogP contribution in [-0.2, 0) is 53.6 Å². The van der Waals surface area contributed by atoms with Crippen LogP contribution in [0.15, 0.2) is 152 Å². The van der Waals surface area contributed by atoms with Crippen molar-refractivity contribution in [1.82, 2.24) is 9.55 Å². The first kappa shape index (κ1) is 52.4. The van der Waals surface area contributed by atoms with Crippen molar-refractivity contribution in [3.63, 3.8) is 0 Å². The second kappa shape index (κ2) is 18.9. The predicted molar refractivity (Wildman–Crippen MR) is 299 cm³/mol. The van der Waals surface area contributed by atoms with Gasteiger partial charge in [-0.2, -0.15) is 6.07 Å². The van der Waals surface area contributed by atoms with Crippen molar-refractivity contribution in [3.05, 3.63) is 209 Å². The average molecular weight is 1130 g/mol. The molecular weight excluding hydrogens is 1060 g/mol. The molecule has 0 bridgehead atoms. The molecule has 0 spiro atoms. The fourth-order valence-electron chi connectivity index (χ4n) is 9.74. The largest absolute Gasteiger partial charge is 0.509 e. The molecule has 6 aromatic carbocycles. The topological polar surface area (TPSA) is 33.5 Å². The number of nitrogens with zero attached hydrogens (tertiary/aromatic N) is 4. The van der Waals surface area contributed by atoms with E-state index in [0.29, 0.717) is 11.5 Å². The van der Waals surface area contributed by atoms with Crippen LogP contribution in [0, 0.1) is 18.8 Å². The van der Waals surface area contributed by atoms with E-state index in [4.69, 9.17) is 9.72 Å². The summed E-state index contributed by atoms with van der Waals surface area (Å²) in [5.41, 5.74) is 12.9. The van der Waals surface area contributed by atoms with Crippen LogP contribution in [0.4, 0.5) is 11.4 Å². The molecule has 2 aromatic heterocycles. The Morgan fingerprint density at radius 1 is 0.472 bits per heavy atom. The van der Waals surface area contributed by atoms with Crippen molar-refractivity contribution in [2.45, 2.75) is 143 Å². The molecule has 5 nitrogen and oxygen atoms in total. The molecule has 0 radical (unpaired) electrons. The Bertz CT molecular complexity index is 3260. The van der Waals surface area contributed by atoms with Gasteiger partial charge in [0.2, 0.25) is 0 Å². The van der Waals surface area contributed by atoms with Gasteiger partial charge in [0.15, 0.2) is 0 Å². The van der Waals surface area contributed by atoms with Gasteiger partial charge in [0, 0.05) is 66.5 Å². The van der Waals surface area contributed by atoms with Crippen molar-refractivity contribution >= 4 is 33.2 Å². The molecule has 0 atom stereocenters. The number of allylic oxidation sites excluding steroid dienone is 1. The van der Waals surface area contributed by atoms with E-state index in [2.05, 4.69) is 284 Å². The maximum atomic E-state index is 7.03. The van der Waals surface area contributed by atoms with Gasteiger partial charge in [-0.25, -0.2) is 4.98 Å². The molecule has 376 valence electrons. The summed E-state index contributed by atoms with van der Waals surface area (Å²) in [6.45, 7) is 38.8. The number of ether oxygens (including phenoxy) is 1. The van der Waals surface area contributed by atoms with Crippen molar-refractivity contribution < 1.29 is 25.8 Å². The fourth-order valence-corrected chi connectivity index (χ4v) is 9.74. The summed E-state index contributed by atoms with van der Waals surface area (Å²) in [6.07, 6.45) is 4.25. The first-order valence-corrected chi connectivity index (χ1v) is 25.4. The minimum absolute atomic E-state index is 0. The normalized spacial score (nSPS) is 14.0. The van der Waals surface area contributed by atoms with Crippen LogP contribution in [0.5, 0.6) is 11.5 Å². The molecule has 9 rings (SSSR count). The van der Waals surface area contributed by atoms with Gasteiger partial charge < -0.3 is 19.1 Å². The van der Waals surface area contributed by atoms with Crippen molar-refractivity contribution in [2.24, 2.45) is 0 Å². The van der Waals surface area contributed by atoms with E-state index in [0.717, 1.165) is 50.3 Å². The molecule has 6 heteroatoms. The van der Waals surface area contributed by atoms with Crippen molar-refractivity contribution in [3.8, 4) is 17.3 Å². The number of aromatic nitrogens is 2. The van der Waals surface area contributed by atoms with E-state index in [9.17, 15) is 0 Å². The molecule has 0 aliphatic carbocycles. The van der Waals surface area contributed by atoms with Crippen LogP contribution < -0.4 is 14.5 Å². The molecule has 3 heterocycles. The molecule has 1 aliphatic rings. The second-order valence-electron chi connectivity index (χ2n) is 24.9. The Hall–Kier alpha value is -5.90. The van der Waals surface area contributed by atoms with Crippen LogP contribution in [0.2, 0.25) is 0 Å². The first-order valence-electron chi connectivity index (χ1n) is 25.4. The summed E-state index contributed by atoms with van der Waals surface area (Å²) in [5, 5.41) is 2.25. The Labute approximate surface area is 445 Å². The van der Waals surface area contributed by atoms with Crippen LogP contribution in [0.3, 0.4) is 0 Å². The first-order chi connectivity index (χ1) is 33.2. The summed E-state index contributed by atoms with van der Waals surface area (Å²) in [5.74, 6) is 2.07. The van der Waals surface area contributed by atoms with Gasteiger partial charge in [0.05, 0.1) is 0 Å². The Kier molecular flexibility index (Phi) is 13.7. The standard InChI is InChI=1S/C66H73N4O.Pt/c1-61(2,3)46-27-30-57-56(38-46)55-29-28-53(41-58(55)70(57)60-39-47(31-32-67-60)65(13,14)44-23-19-17-20-24-44)71-54-37-50(64(10,11)12)36-52(40-54)69-43-68(42-59(69)66(15,16)45-25-21-18-22-26-45)51-34-48(62(4,5)6)33-49(35-51)63(7,8)9;/h17-39,42-43H,1-16H3;/q-3;. The number of anilines is 2. The minimum atomic E-state index is -0.381. The molecule has 0 fully saturated rings. The zero-order chi connectivity index (χ0) is 51.1. The summed E-state index contributed by atoms with van der Waals surface area (Å²) in [6, 6.07) is 56.1. The van der Waals surface area contributed by atoms with E-state index in [-0.39, 0.29) is 53.6 Å². The third-order valence-electron chi connectivity index (χ3n) is 14.7. The Balaban J connectivity index is 0.00000693. The van der Waals surface area contributed by atoms with Gasteiger partial charge in [-0.05, 0) is 97.0 Å². The maximum absolute atomic E-state index is 7.03. The molecular formula is C66H73N4OPt-3. The zero-order valence-corrected chi connectivity index (χ0v) is 47.7. The fraction of sp³-hybridized carbons (Fsp3) is 0.333. The summed E-state index contributed by atoms with van der Waals surface area (Å²) in [7, 11) is 0. The SMILES string of the molecule is CC(C)(C)c1cc(Oc2[c-]c3c(cc2)c2cc(C(C)(C)C)ccc2n3-c2cc(C(C)(C)c3ccccc3)ccn2)[c-]c(N2[CH-]N(c3cc(C(C)(C)C)cc(C(C)(C)C)c3)C=C2C(C)(C)c2ccccc2)c1.[Pt]. The second-order valence-corrected chi connectivity index (χ2v) is 24.9. The van der Waals surface area contributed by atoms with Gasteiger partial charge in [0.1, 0.15) is 5.82 Å². The number of pyridine rings is 1. The van der Waals surface area contributed by atoms with Crippen LogP contribution in [-0.4, -0.2) is 9.55 Å². The van der Waals surface area contributed by atoms with Crippen LogP contribution in [0.1, 0.15) is 150 Å². The van der Waals surface area contributed by atoms with Crippen molar-refractivity contribution in [1.29, 1.82) is 0 Å². The number of rotatable bonds is 9. The molecule has 72 heavy (non-hydrogen) atoms. The molecule has 0 unspecified atom stereocenters. The quantitative estimate of drug-likeness (QED) is 0.135. The van der Waals surface area contributed by atoms with E-state index < -0.39 is 0 Å². The van der Waals surface area contributed by atoms with Gasteiger partial charge in [-0.1, -0.05) is 195 Å². The predicted octanol–water partition coefficient (Wildman–Crippen LogP) is 17.3. The Morgan fingerprint density at radius 3 is 1.62 bits per heavy atom. The third-order valence-corrected chi connectivity index (χ3v) is 14.7. The van der Waals surface area contributed by atoms with E-state index in [1.54, 1.807) is 0 Å². The number of fused-ring (bicyclic) bond motifs is 3. The zero-order valence-electron chi connectivity index (χ0n) is 45.4. The van der Waals surface area contributed by atoms with Crippen LogP contribution >= 0.6 is 0 Å². The van der Waals surface area contributed by atoms with Gasteiger partial charge in [-0.3, -0.25) is 0 Å². The summed E-state index contributed by atoms with van der Waals surface area (Å²) in [4.78, 5) is 9.68. The van der Waals surface area contributed by atoms with Gasteiger partial charge >= 0.3 is 0 Å². The monoisotopic (exact) mass is 1130 g/mol. The number of hydrogen-bond donors (Lipinski definition) is 0. The minimum Gasteiger partial charge on any atom is -0.509 e. The van der Waals surface area contributed by atoms with Gasteiger partial charge in [-0.15, -0.1) is 53.6 Å². The average Bonchev–Trinajstić information content (AvgIpc) is 3.92. The molecule has 1 aliphatic heterocycles.